The molecule has 0 fully saturated rings. The molecule has 0 bridgehead atoms. The first-order valence-corrected chi connectivity index (χ1v) is 8.98. The molecule has 6 heteroatoms. The number of amides is 1. The van der Waals surface area contributed by atoms with Crippen LogP contribution >= 0.6 is 11.3 Å². The largest absolute Gasteiger partial charge is 0.395 e. The lowest BCUT2D eigenvalue weighted by Gasteiger charge is -2.32. The molecule has 1 atom stereocenters. The van der Waals surface area contributed by atoms with Crippen LogP contribution in [0.1, 0.15) is 25.1 Å². The minimum Gasteiger partial charge on any atom is -0.395 e. The molecule has 1 aromatic heterocycles. The number of aliphatic hydroxyl groups excluding tert-OH is 1. The van der Waals surface area contributed by atoms with Crippen molar-refractivity contribution in [1.29, 1.82) is 0 Å². The van der Waals surface area contributed by atoms with Crippen LogP contribution in [0.25, 0.3) is 0 Å². The zero-order valence-electron chi connectivity index (χ0n) is 14.4. The fraction of sp³-hybridized carbons (Fsp3) is 0.444. The molecule has 5 nitrogen and oxygen atoms in total. The fourth-order valence-corrected chi connectivity index (χ4v) is 3.32. The van der Waals surface area contributed by atoms with Crippen LogP contribution in [0.2, 0.25) is 0 Å². The number of hydrogen-bond donors (Lipinski definition) is 2. The van der Waals surface area contributed by atoms with E-state index in [0.717, 1.165) is 11.3 Å². The maximum atomic E-state index is 12.4. The molecule has 1 unspecified atom stereocenters. The number of thiazole rings is 1. The second-order valence-electron chi connectivity index (χ2n) is 6.23. The van der Waals surface area contributed by atoms with Gasteiger partial charge in [0.05, 0.1) is 18.8 Å². The first kappa shape index (κ1) is 18.6. The summed E-state index contributed by atoms with van der Waals surface area (Å²) in [6.07, 6.45) is 0. The SMILES string of the molecule is Cc1csc(NC(=O)CN(Cc2ccccc2)C(CO)C(C)C)n1. The lowest BCUT2D eigenvalue weighted by atomic mass is 10.0. The van der Waals surface area contributed by atoms with E-state index in [2.05, 4.69) is 24.1 Å². The minimum atomic E-state index is -0.112. The van der Waals surface area contributed by atoms with Gasteiger partial charge in [-0.1, -0.05) is 44.2 Å². The second-order valence-corrected chi connectivity index (χ2v) is 7.08. The molecule has 0 saturated heterocycles. The van der Waals surface area contributed by atoms with Gasteiger partial charge >= 0.3 is 0 Å². The number of benzene rings is 1. The predicted molar refractivity (Wildman–Crippen MR) is 98.0 cm³/mol. The van der Waals surface area contributed by atoms with Crippen LogP contribution < -0.4 is 5.32 Å². The summed E-state index contributed by atoms with van der Waals surface area (Å²) < 4.78 is 0. The van der Waals surface area contributed by atoms with Crippen LogP contribution in [-0.4, -0.2) is 40.1 Å². The molecule has 1 aromatic carbocycles. The van der Waals surface area contributed by atoms with Gasteiger partial charge in [0.25, 0.3) is 0 Å². The van der Waals surface area contributed by atoms with E-state index in [1.54, 1.807) is 0 Å². The van der Waals surface area contributed by atoms with Crippen LogP contribution in [0, 0.1) is 12.8 Å². The molecule has 130 valence electrons. The molecule has 0 aliphatic rings. The van der Waals surface area contributed by atoms with Gasteiger partial charge in [0.1, 0.15) is 0 Å². The van der Waals surface area contributed by atoms with Crippen LogP contribution in [-0.2, 0) is 11.3 Å². The van der Waals surface area contributed by atoms with E-state index in [1.165, 1.54) is 11.3 Å². The van der Waals surface area contributed by atoms with Crippen molar-refractivity contribution >= 4 is 22.4 Å². The quantitative estimate of drug-likeness (QED) is 0.771. The maximum absolute atomic E-state index is 12.4. The second kappa shape index (κ2) is 8.92. The van der Waals surface area contributed by atoms with Crippen LogP contribution in [0.5, 0.6) is 0 Å². The van der Waals surface area contributed by atoms with E-state index in [-0.39, 0.29) is 31.0 Å². The number of aliphatic hydroxyl groups is 1. The van der Waals surface area contributed by atoms with Crippen molar-refractivity contribution in [1.82, 2.24) is 9.88 Å². The number of carbonyl (C=O) groups is 1. The molecule has 0 aliphatic heterocycles. The molecule has 1 amide bonds. The Balaban J connectivity index is 2.08. The molecule has 0 aliphatic carbocycles. The van der Waals surface area contributed by atoms with Crippen molar-refractivity contribution in [2.45, 2.75) is 33.4 Å². The number of aryl methyl sites for hydroxylation is 1. The van der Waals surface area contributed by atoms with Crippen molar-refractivity contribution in [3.8, 4) is 0 Å². The molecule has 24 heavy (non-hydrogen) atoms. The Bertz CT molecular complexity index is 643. The van der Waals surface area contributed by atoms with Gasteiger partial charge in [0.15, 0.2) is 5.13 Å². The third-order valence-electron chi connectivity index (χ3n) is 3.87. The topological polar surface area (TPSA) is 65.5 Å². The smallest absolute Gasteiger partial charge is 0.240 e. The van der Waals surface area contributed by atoms with Crippen molar-refractivity contribution in [3.63, 3.8) is 0 Å². The van der Waals surface area contributed by atoms with Crippen molar-refractivity contribution < 1.29 is 9.90 Å². The van der Waals surface area contributed by atoms with E-state index in [4.69, 9.17) is 0 Å². The maximum Gasteiger partial charge on any atom is 0.240 e. The Hall–Kier alpha value is -1.76. The van der Waals surface area contributed by atoms with Gasteiger partial charge in [0, 0.05) is 18.0 Å². The van der Waals surface area contributed by atoms with E-state index in [9.17, 15) is 9.90 Å². The highest BCUT2D eigenvalue weighted by Crippen LogP contribution is 2.17. The summed E-state index contributed by atoms with van der Waals surface area (Å²) in [7, 11) is 0. The number of hydrogen-bond acceptors (Lipinski definition) is 5. The molecule has 0 radical (unpaired) electrons. The van der Waals surface area contributed by atoms with E-state index in [0.29, 0.717) is 11.7 Å². The molecule has 2 aromatic rings. The Morgan fingerprint density at radius 3 is 2.58 bits per heavy atom. The molecular formula is C18H25N3O2S. The van der Waals surface area contributed by atoms with Gasteiger partial charge in [-0.25, -0.2) is 4.98 Å². The number of nitrogens with zero attached hydrogens (tertiary/aromatic N) is 2. The third-order valence-corrected chi connectivity index (χ3v) is 4.74. The number of carbonyl (C=O) groups excluding carboxylic acids is 1. The lowest BCUT2D eigenvalue weighted by Crippen LogP contribution is -2.45. The summed E-state index contributed by atoms with van der Waals surface area (Å²) in [6.45, 7) is 6.87. The summed E-state index contributed by atoms with van der Waals surface area (Å²) in [5.41, 5.74) is 2.02. The van der Waals surface area contributed by atoms with Gasteiger partial charge in [0.2, 0.25) is 5.91 Å². The molecule has 0 spiro atoms. The van der Waals surface area contributed by atoms with Gasteiger partial charge in [-0.15, -0.1) is 11.3 Å². The van der Waals surface area contributed by atoms with Crippen molar-refractivity contribution in [2.24, 2.45) is 5.92 Å². The molecule has 2 rings (SSSR count). The number of aromatic nitrogens is 1. The van der Waals surface area contributed by atoms with Gasteiger partial charge in [-0.05, 0) is 18.4 Å². The predicted octanol–water partition coefficient (Wildman–Crippen LogP) is 2.91. The van der Waals surface area contributed by atoms with Crippen LogP contribution in [0.4, 0.5) is 5.13 Å². The monoisotopic (exact) mass is 347 g/mol. The molecule has 0 saturated carbocycles. The molecule has 1 heterocycles. The molecular weight excluding hydrogens is 322 g/mol. The van der Waals surface area contributed by atoms with Crippen LogP contribution in [0.15, 0.2) is 35.7 Å². The standard InChI is InChI=1S/C18H25N3O2S/c1-13(2)16(11-22)21(9-15-7-5-4-6-8-15)10-17(23)20-18-19-14(3)12-24-18/h4-8,12-13,16,22H,9-11H2,1-3H3,(H,19,20,23). The van der Waals surface area contributed by atoms with Gasteiger partial charge in [-0.3, -0.25) is 9.69 Å². The van der Waals surface area contributed by atoms with Gasteiger partial charge < -0.3 is 10.4 Å². The summed E-state index contributed by atoms with van der Waals surface area (Å²) in [5.74, 6) is 0.132. The van der Waals surface area contributed by atoms with Crippen molar-refractivity contribution in [3.05, 3.63) is 47.0 Å². The fourth-order valence-electron chi connectivity index (χ4n) is 2.61. The summed E-state index contributed by atoms with van der Waals surface area (Å²) >= 11 is 1.42. The Kier molecular flexibility index (Phi) is 6.90. The minimum absolute atomic E-state index is 0.0220. The number of rotatable bonds is 8. The van der Waals surface area contributed by atoms with Crippen molar-refractivity contribution in [2.75, 3.05) is 18.5 Å². The average molecular weight is 347 g/mol. The first-order chi connectivity index (χ1) is 11.5. The Labute approximate surface area is 147 Å². The molecule has 2 N–H and O–H groups in total. The third kappa shape index (κ3) is 5.40. The summed E-state index contributed by atoms with van der Waals surface area (Å²) in [4.78, 5) is 18.7. The number of anilines is 1. The Morgan fingerprint density at radius 2 is 2.04 bits per heavy atom. The summed E-state index contributed by atoms with van der Waals surface area (Å²) in [5, 5.41) is 15.1. The zero-order chi connectivity index (χ0) is 17.5. The Morgan fingerprint density at radius 1 is 1.33 bits per heavy atom. The average Bonchev–Trinajstić information content (AvgIpc) is 2.93. The highest BCUT2D eigenvalue weighted by molar-refractivity contribution is 7.13. The van der Waals surface area contributed by atoms with E-state index in [1.807, 2.05) is 47.5 Å². The lowest BCUT2D eigenvalue weighted by molar-refractivity contribution is -0.118. The summed E-state index contributed by atoms with van der Waals surface area (Å²) in [6, 6.07) is 9.92. The highest BCUT2D eigenvalue weighted by atomic mass is 32.1. The normalized spacial score (nSPS) is 12.6. The van der Waals surface area contributed by atoms with E-state index >= 15 is 0 Å². The highest BCUT2D eigenvalue weighted by Gasteiger charge is 2.24. The van der Waals surface area contributed by atoms with Crippen LogP contribution in [0.3, 0.4) is 0 Å². The number of nitrogens with one attached hydrogen (secondary N) is 1. The van der Waals surface area contributed by atoms with E-state index < -0.39 is 0 Å². The zero-order valence-corrected chi connectivity index (χ0v) is 15.2. The first-order valence-electron chi connectivity index (χ1n) is 8.10. The van der Waals surface area contributed by atoms with Gasteiger partial charge in [-0.2, -0.15) is 0 Å².